The molecule has 0 aliphatic rings. The smallest absolute Gasteiger partial charge is 0.340 e. The first-order chi connectivity index (χ1) is 11.8. The number of H-pyrrole nitrogens is 1. The molecule has 0 radical (unpaired) electrons. The third-order valence-corrected chi connectivity index (χ3v) is 4.32. The van der Waals surface area contributed by atoms with E-state index in [4.69, 9.17) is 9.47 Å². The van der Waals surface area contributed by atoms with Gasteiger partial charge in [-0.3, -0.25) is 4.79 Å². The van der Waals surface area contributed by atoms with Crippen LogP contribution in [-0.2, 0) is 9.47 Å². The van der Waals surface area contributed by atoms with Crippen molar-refractivity contribution in [3.63, 3.8) is 0 Å². The normalized spacial score (nSPS) is 10.6. The van der Waals surface area contributed by atoms with E-state index in [2.05, 4.69) is 26.2 Å². The molecule has 6 nitrogen and oxygen atoms in total. The van der Waals surface area contributed by atoms with E-state index in [0.29, 0.717) is 34.8 Å². The van der Waals surface area contributed by atoms with Crippen LogP contribution in [0.15, 0.2) is 22.7 Å². The predicted molar refractivity (Wildman–Crippen MR) is 99.3 cm³/mol. The Kier molecular flexibility index (Phi) is 6.39. The summed E-state index contributed by atoms with van der Waals surface area (Å²) < 4.78 is 11.0. The molecule has 0 spiro atoms. The number of amides is 1. The Bertz CT molecular complexity index is 799. The second kappa shape index (κ2) is 8.31. The van der Waals surface area contributed by atoms with Crippen molar-refractivity contribution in [1.82, 2.24) is 4.98 Å². The van der Waals surface area contributed by atoms with Gasteiger partial charge in [0.15, 0.2) is 0 Å². The van der Waals surface area contributed by atoms with E-state index in [1.807, 2.05) is 25.1 Å². The molecule has 1 aromatic heterocycles. The Morgan fingerprint density at radius 3 is 2.56 bits per heavy atom. The molecule has 1 amide bonds. The quantitative estimate of drug-likeness (QED) is 0.563. The zero-order valence-corrected chi connectivity index (χ0v) is 16.2. The van der Waals surface area contributed by atoms with E-state index in [1.165, 1.54) is 7.11 Å². The molecule has 2 rings (SSSR count). The molecule has 0 bridgehead atoms. The van der Waals surface area contributed by atoms with Crippen molar-refractivity contribution in [3.05, 3.63) is 50.8 Å². The number of esters is 1. The van der Waals surface area contributed by atoms with Crippen molar-refractivity contribution in [2.45, 2.75) is 20.8 Å². The van der Waals surface area contributed by atoms with Gasteiger partial charge >= 0.3 is 5.97 Å². The maximum absolute atomic E-state index is 12.6. The minimum absolute atomic E-state index is 0.166. The fraction of sp³-hybridized carbons (Fsp3) is 0.333. The molecule has 0 fully saturated rings. The fourth-order valence-electron chi connectivity index (χ4n) is 2.53. The number of methoxy groups -OCH3 is 1. The Balaban J connectivity index is 2.20. The summed E-state index contributed by atoms with van der Waals surface area (Å²) in [6, 6.07) is 5.59. The lowest BCUT2D eigenvalue weighted by molar-refractivity contribution is 0.0387. The van der Waals surface area contributed by atoms with E-state index >= 15 is 0 Å². The molecule has 2 aromatic rings. The van der Waals surface area contributed by atoms with Gasteiger partial charge in [-0.05, 0) is 50.1 Å². The molecular formula is C18H21BrN2O4. The summed E-state index contributed by atoms with van der Waals surface area (Å²) in [5, 5.41) is 2.86. The number of hydrogen-bond acceptors (Lipinski definition) is 4. The Morgan fingerprint density at radius 1 is 1.20 bits per heavy atom. The van der Waals surface area contributed by atoms with Gasteiger partial charge in [0.05, 0.1) is 12.2 Å². The topological polar surface area (TPSA) is 80.4 Å². The van der Waals surface area contributed by atoms with Crippen molar-refractivity contribution in [2.75, 3.05) is 25.6 Å². The molecule has 1 aromatic carbocycles. The Morgan fingerprint density at radius 2 is 1.92 bits per heavy atom. The van der Waals surface area contributed by atoms with Crippen LogP contribution in [0.1, 0.15) is 37.7 Å². The molecule has 134 valence electrons. The number of anilines is 1. The van der Waals surface area contributed by atoms with Gasteiger partial charge in [0.1, 0.15) is 12.3 Å². The first-order valence-electron chi connectivity index (χ1n) is 7.77. The molecule has 0 aliphatic heterocycles. The van der Waals surface area contributed by atoms with Crippen molar-refractivity contribution in [3.8, 4) is 0 Å². The molecule has 25 heavy (non-hydrogen) atoms. The summed E-state index contributed by atoms with van der Waals surface area (Å²) in [6.45, 7) is 5.86. The van der Waals surface area contributed by atoms with Gasteiger partial charge in [-0.25, -0.2) is 4.79 Å². The van der Waals surface area contributed by atoms with Crippen LogP contribution in [0.5, 0.6) is 0 Å². The van der Waals surface area contributed by atoms with Crippen molar-refractivity contribution in [1.29, 1.82) is 0 Å². The molecule has 1 heterocycles. The number of nitrogens with one attached hydrogen (secondary N) is 2. The third-order valence-electron chi connectivity index (χ3n) is 3.83. The summed E-state index contributed by atoms with van der Waals surface area (Å²) in [4.78, 5) is 27.8. The highest BCUT2D eigenvalue weighted by Gasteiger charge is 2.23. The number of carbonyl (C=O) groups excluding carboxylic acids is 2. The zero-order chi connectivity index (χ0) is 18.6. The molecule has 0 unspecified atom stereocenters. The van der Waals surface area contributed by atoms with Gasteiger partial charge in [0.25, 0.3) is 5.91 Å². The number of ether oxygens (including phenoxy) is 2. The van der Waals surface area contributed by atoms with Gasteiger partial charge in [0.2, 0.25) is 0 Å². The Labute approximate surface area is 155 Å². The molecule has 0 saturated heterocycles. The summed E-state index contributed by atoms with van der Waals surface area (Å²) in [6.07, 6.45) is 0. The summed E-state index contributed by atoms with van der Waals surface area (Å²) in [5.41, 5.74) is 3.53. The molecule has 2 N–H and O–H groups in total. The SMILES string of the molecule is COCCOC(=O)c1c(C)[nH]c(C(=O)Nc2ccc(Br)cc2C)c1C. The average molecular weight is 409 g/mol. The van der Waals surface area contributed by atoms with E-state index in [0.717, 1.165) is 10.0 Å². The highest BCUT2D eigenvalue weighted by atomic mass is 79.9. The van der Waals surface area contributed by atoms with Crippen molar-refractivity contribution in [2.24, 2.45) is 0 Å². The lowest BCUT2D eigenvalue weighted by Crippen LogP contribution is -2.15. The average Bonchev–Trinajstić information content (AvgIpc) is 2.85. The molecule has 0 saturated carbocycles. The third kappa shape index (κ3) is 4.49. The van der Waals surface area contributed by atoms with Crippen molar-refractivity contribution >= 4 is 33.5 Å². The second-order valence-electron chi connectivity index (χ2n) is 5.67. The predicted octanol–water partition coefficient (Wildman–Crippen LogP) is 3.76. The highest BCUT2D eigenvalue weighted by Crippen LogP contribution is 2.23. The maximum Gasteiger partial charge on any atom is 0.340 e. The number of hydrogen-bond donors (Lipinski definition) is 2. The lowest BCUT2D eigenvalue weighted by atomic mass is 10.1. The van der Waals surface area contributed by atoms with E-state index in [9.17, 15) is 9.59 Å². The van der Waals surface area contributed by atoms with Gasteiger partial charge in [-0.15, -0.1) is 0 Å². The number of aromatic amines is 1. The van der Waals surface area contributed by atoms with Crippen LogP contribution >= 0.6 is 15.9 Å². The number of halogens is 1. The second-order valence-corrected chi connectivity index (χ2v) is 6.58. The highest BCUT2D eigenvalue weighted by molar-refractivity contribution is 9.10. The number of aryl methyl sites for hydroxylation is 2. The fourth-order valence-corrected chi connectivity index (χ4v) is 3.00. The molecule has 0 atom stereocenters. The van der Waals surface area contributed by atoms with Gasteiger partial charge in [-0.1, -0.05) is 15.9 Å². The van der Waals surface area contributed by atoms with E-state index in [-0.39, 0.29) is 12.5 Å². The first-order valence-corrected chi connectivity index (χ1v) is 8.57. The molecular weight excluding hydrogens is 388 g/mol. The molecule has 0 aliphatic carbocycles. The first kappa shape index (κ1) is 19.2. The monoisotopic (exact) mass is 408 g/mol. The number of benzene rings is 1. The van der Waals surface area contributed by atoms with E-state index in [1.54, 1.807) is 13.8 Å². The van der Waals surface area contributed by atoms with Gasteiger partial charge in [-0.2, -0.15) is 0 Å². The number of rotatable bonds is 6. The van der Waals surface area contributed by atoms with Crippen LogP contribution in [0.3, 0.4) is 0 Å². The standard InChI is InChI=1S/C18H21BrN2O4/c1-10-9-13(19)5-6-14(10)21-17(22)16-11(2)15(12(3)20-16)18(23)25-8-7-24-4/h5-6,9,20H,7-8H2,1-4H3,(H,21,22). The van der Waals surface area contributed by atoms with E-state index < -0.39 is 5.97 Å². The molecule has 7 heteroatoms. The minimum Gasteiger partial charge on any atom is -0.460 e. The van der Waals surface area contributed by atoms with Crippen LogP contribution in [0, 0.1) is 20.8 Å². The summed E-state index contributed by atoms with van der Waals surface area (Å²) in [5.74, 6) is -0.774. The summed E-state index contributed by atoms with van der Waals surface area (Å²) >= 11 is 3.39. The summed E-state index contributed by atoms with van der Waals surface area (Å²) in [7, 11) is 1.53. The van der Waals surface area contributed by atoms with Crippen molar-refractivity contribution < 1.29 is 19.1 Å². The van der Waals surface area contributed by atoms with Gasteiger partial charge < -0.3 is 19.8 Å². The largest absolute Gasteiger partial charge is 0.460 e. The maximum atomic E-state index is 12.6. The van der Waals surface area contributed by atoms with Crippen LogP contribution in [-0.4, -0.2) is 37.2 Å². The number of aromatic nitrogens is 1. The van der Waals surface area contributed by atoms with Crippen LogP contribution in [0.25, 0.3) is 0 Å². The van der Waals surface area contributed by atoms with Crippen LogP contribution in [0.4, 0.5) is 5.69 Å². The minimum atomic E-state index is -0.470. The van der Waals surface area contributed by atoms with Gasteiger partial charge in [0, 0.05) is 23.0 Å². The lowest BCUT2D eigenvalue weighted by Gasteiger charge is -2.09. The van der Waals surface area contributed by atoms with Crippen LogP contribution in [0.2, 0.25) is 0 Å². The Hall–Kier alpha value is -2.12. The van der Waals surface area contributed by atoms with Crippen LogP contribution < -0.4 is 5.32 Å². The zero-order valence-electron chi connectivity index (χ0n) is 14.7. The number of carbonyl (C=O) groups is 2.